The summed E-state index contributed by atoms with van der Waals surface area (Å²) < 4.78 is 27.9. The van der Waals surface area contributed by atoms with Gasteiger partial charge in [0, 0.05) is 37.9 Å². The van der Waals surface area contributed by atoms with E-state index in [2.05, 4.69) is 9.97 Å². The summed E-state index contributed by atoms with van der Waals surface area (Å²) in [6.45, 7) is 3.78. The van der Waals surface area contributed by atoms with E-state index in [0.29, 0.717) is 37.3 Å². The second-order valence-electron chi connectivity index (χ2n) is 6.49. The number of pyridine rings is 1. The number of hydrogen-bond acceptors (Lipinski definition) is 3. The molecule has 0 atom stereocenters. The molecular formula is C18H18F2N4O. The quantitative estimate of drug-likeness (QED) is 0.791. The number of nitrogens with zero attached hydrogens (tertiary/aromatic N) is 3. The van der Waals surface area contributed by atoms with E-state index >= 15 is 0 Å². The molecule has 1 fully saturated rings. The van der Waals surface area contributed by atoms with Crippen molar-refractivity contribution in [1.82, 2.24) is 19.4 Å². The Bertz CT molecular complexity index is 988. The zero-order valence-electron chi connectivity index (χ0n) is 13.8. The van der Waals surface area contributed by atoms with Gasteiger partial charge in [0.25, 0.3) is 0 Å². The van der Waals surface area contributed by atoms with Crippen LogP contribution in [0.2, 0.25) is 0 Å². The fourth-order valence-electron chi connectivity index (χ4n) is 3.28. The number of hydrogen-bond donors (Lipinski definition) is 1. The first-order chi connectivity index (χ1) is 12.0. The van der Waals surface area contributed by atoms with Gasteiger partial charge in [-0.05, 0) is 36.2 Å². The molecule has 0 radical (unpaired) electrons. The molecule has 0 aliphatic carbocycles. The van der Waals surface area contributed by atoms with Gasteiger partial charge in [0.1, 0.15) is 12.0 Å². The molecule has 0 saturated carbocycles. The molecule has 3 aromatic rings. The Balaban J connectivity index is 1.69. The third-order valence-electron chi connectivity index (χ3n) is 4.68. The van der Waals surface area contributed by atoms with Crippen molar-refractivity contribution in [2.24, 2.45) is 0 Å². The summed E-state index contributed by atoms with van der Waals surface area (Å²) in [7, 11) is 0. The molecular weight excluding hydrogens is 326 g/mol. The van der Waals surface area contributed by atoms with Gasteiger partial charge in [-0.2, -0.15) is 0 Å². The van der Waals surface area contributed by atoms with Crippen molar-refractivity contribution in [3.63, 3.8) is 0 Å². The van der Waals surface area contributed by atoms with Crippen molar-refractivity contribution in [3.8, 4) is 11.1 Å². The smallest absolute Gasteiger partial charge is 0.296 e. The number of nitrogens with one attached hydrogen (secondary N) is 1. The van der Waals surface area contributed by atoms with Crippen molar-refractivity contribution >= 4 is 11.2 Å². The molecule has 130 valence electrons. The lowest BCUT2D eigenvalue weighted by Gasteiger charge is -2.34. The van der Waals surface area contributed by atoms with Crippen molar-refractivity contribution in [3.05, 3.63) is 52.3 Å². The number of fused-ring (bicyclic) bond motifs is 1. The van der Waals surface area contributed by atoms with E-state index in [4.69, 9.17) is 0 Å². The minimum Gasteiger partial charge on any atom is -0.296 e. The first-order valence-corrected chi connectivity index (χ1v) is 8.23. The van der Waals surface area contributed by atoms with Gasteiger partial charge in [0.2, 0.25) is 0 Å². The van der Waals surface area contributed by atoms with Gasteiger partial charge in [-0.1, -0.05) is 6.07 Å². The van der Waals surface area contributed by atoms with Crippen LogP contribution in [0.3, 0.4) is 0 Å². The van der Waals surface area contributed by atoms with Crippen LogP contribution in [0.4, 0.5) is 8.78 Å². The maximum absolute atomic E-state index is 13.3. The zero-order valence-corrected chi connectivity index (χ0v) is 13.8. The predicted molar refractivity (Wildman–Crippen MR) is 91.8 cm³/mol. The molecule has 4 rings (SSSR count). The van der Waals surface area contributed by atoms with E-state index in [9.17, 15) is 13.6 Å². The van der Waals surface area contributed by atoms with Crippen LogP contribution in [-0.2, 0) is 6.54 Å². The number of rotatable bonds is 4. The Kier molecular flexibility index (Phi) is 3.88. The van der Waals surface area contributed by atoms with E-state index < -0.39 is 6.17 Å². The van der Waals surface area contributed by atoms with Crippen LogP contribution in [0.25, 0.3) is 22.3 Å². The molecule has 7 heteroatoms. The van der Waals surface area contributed by atoms with Crippen molar-refractivity contribution in [2.45, 2.75) is 19.6 Å². The van der Waals surface area contributed by atoms with E-state index in [1.165, 1.54) is 12.1 Å². The highest BCUT2D eigenvalue weighted by atomic mass is 19.1. The van der Waals surface area contributed by atoms with Gasteiger partial charge in [-0.3, -0.25) is 14.5 Å². The molecule has 5 nitrogen and oxygen atoms in total. The SMILES string of the molecule is Cc1cc(F)ccc1-c1cnc2[nH]c(=O)n(CCN3CC(F)C3)c2c1. The normalized spacial score (nSPS) is 15.6. The maximum Gasteiger partial charge on any atom is 0.327 e. The number of aryl methyl sites for hydroxylation is 1. The molecule has 2 aromatic heterocycles. The minimum absolute atomic E-state index is 0.229. The van der Waals surface area contributed by atoms with Gasteiger partial charge in [0.05, 0.1) is 5.52 Å². The molecule has 0 bridgehead atoms. The first-order valence-electron chi connectivity index (χ1n) is 8.23. The molecule has 1 saturated heterocycles. The Morgan fingerprint density at radius 1 is 1.28 bits per heavy atom. The molecule has 1 aromatic carbocycles. The number of aromatic nitrogens is 3. The second-order valence-corrected chi connectivity index (χ2v) is 6.49. The van der Waals surface area contributed by atoms with Gasteiger partial charge >= 0.3 is 5.69 Å². The fourth-order valence-corrected chi connectivity index (χ4v) is 3.28. The number of H-pyrrole nitrogens is 1. The summed E-state index contributed by atoms with van der Waals surface area (Å²) in [5.74, 6) is -0.283. The van der Waals surface area contributed by atoms with Crippen LogP contribution < -0.4 is 5.69 Å². The lowest BCUT2D eigenvalue weighted by Crippen LogP contribution is -2.49. The zero-order chi connectivity index (χ0) is 17.6. The molecule has 1 aliphatic heterocycles. The Labute approximate surface area is 142 Å². The highest BCUT2D eigenvalue weighted by Gasteiger charge is 2.25. The largest absolute Gasteiger partial charge is 0.327 e. The number of halogens is 2. The number of benzene rings is 1. The summed E-state index contributed by atoms with van der Waals surface area (Å²) >= 11 is 0. The molecule has 0 amide bonds. The van der Waals surface area contributed by atoms with E-state index in [-0.39, 0.29) is 11.5 Å². The standard InChI is InChI=1S/C18H18F2N4O/c1-11-6-13(19)2-3-15(11)12-7-16-17(21-8-12)22-18(25)24(16)5-4-23-9-14(20)10-23/h2-3,6-8,14H,4-5,9-10H2,1H3,(H,21,22,25). The van der Waals surface area contributed by atoms with Gasteiger partial charge in [-0.25, -0.2) is 18.6 Å². The molecule has 0 spiro atoms. The van der Waals surface area contributed by atoms with Crippen molar-refractivity contribution < 1.29 is 8.78 Å². The predicted octanol–water partition coefficient (Wildman–Crippen LogP) is 2.49. The summed E-state index contributed by atoms with van der Waals surface area (Å²) in [4.78, 5) is 21.2. The van der Waals surface area contributed by atoms with Crippen LogP contribution >= 0.6 is 0 Å². The van der Waals surface area contributed by atoms with Crippen LogP contribution in [0, 0.1) is 12.7 Å². The number of aromatic amines is 1. The second kappa shape index (κ2) is 6.07. The fraction of sp³-hybridized carbons (Fsp3) is 0.333. The molecule has 25 heavy (non-hydrogen) atoms. The lowest BCUT2D eigenvalue weighted by atomic mass is 10.0. The molecule has 1 aliphatic rings. The van der Waals surface area contributed by atoms with E-state index in [0.717, 1.165) is 16.7 Å². The highest BCUT2D eigenvalue weighted by molar-refractivity contribution is 5.79. The van der Waals surface area contributed by atoms with Gasteiger partial charge in [0.15, 0.2) is 5.65 Å². The highest BCUT2D eigenvalue weighted by Crippen LogP contribution is 2.25. The number of imidazole rings is 1. The minimum atomic E-state index is -0.755. The summed E-state index contributed by atoms with van der Waals surface area (Å²) in [6, 6.07) is 6.48. The topological polar surface area (TPSA) is 53.9 Å². The molecule has 1 N–H and O–H groups in total. The molecule has 3 heterocycles. The van der Waals surface area contributed by atoms with Crippen molar-refractivity contribution in [2.75, 3.05) is 19.6 Å². The summed E-state index contributed by atoms with van der Waals surface area (Å²) in [5.41, 5.74) is 3.49. The Hall–Kier alpha value is -2.54. The monoisotopic (exact) mass is 344 g/mol. The molecule has 0 unspecified atom stereocenters. The Morgan fingerprint density at radius 2 is 2.08 bits per heavy atom. The lowest BCUT2D eigenvalue weighted by molar-refractivity contribution is 0.0629. The maximum atomic E-state index is 13.3. The van der Waals surface area contributed by atoms with E-state index in [1.54, 1.807) is 16.8 Å². The summed E-state index contributed by atoms with van der Waals surface area (Å²) in [5, 5.41) is 0. The van der Waals surface area contributed by atoms with Crippen LogP contribution in [0.15, 0.2) is 35.3 Å². The third-order valence-corrected chi connectivity index (χ3v) is 4.68. The van der Waals surface area contributed by atoms with Crippen LogP contribution in [0.1, 0.15) is 5.56 Å². The van der Waals surface area contributed by atoms with E-state index in [1.807, 2.05) is 17.9 Å². The average molecular weight is 344 g/mol. The first kappa shape index (κ1) is 16.0. The Morgan fingerprint density at radius 3 is 2.80 bits per heavy atom. The van der Waals surface area contributed by atoms with Crippen LogP contribution in [0.5, 0.6) is 0 Å². The summed E-state index contributed by atoms with van der Waals surface area (Å²) in [6.07, 6.45) is 0.917. The van der Waals surface area contributed by atoms with Crippen molar-refractivity contribution in [1.29, 1.82) is 0 Å². The number of likely N-dealkylation sites (tertiary alicyclic amines) is 1. The average Bonchev–Trinajstić information content (AvgIpc) is 2.85. The third kappa shape index (κ3) is 2.95. The van der Waals surface area contributed by atoms with Crippen LogP contribution in [-0.4, -0.2) is 45.2 Å². The number of alkyl halides is 1. The van der Waals surface area contributed by atoms with Gasteiger partial charge < -0.3 is 0 Å². The van der Waals surface area contributed by atoms with Gasteiger partial charge in [-0.15, -0.1) is 0 Å².